The van der Waals surface area contributed by atoms with Gasteiger partial charge in [0.15, 0.2) is 6.10 Å². The zero-order valence-corrected chi connectivity index (χ0v) is 12.3. The highest BCUT2D eigenvalue weighted by atomic mass is 16.3. The Hall–Kier alpha value is -2.34. The first-order valence-electron chi connectivity index (χ1n) is 6.76. The van der Waals surface area contributed by atoms with Crippen molar-refractivity contribution >= 4 is 17.3 Å². The number of aliphatic hydroxyl groups is 1. The quantitative estimate of drug-likeness (QED) is 0.916. The molecule has 3 rings (SSSR count). The van der Waals surface area contributed by atoms with Gasteiger partial charge in [0.1, 0.15) is 5.82 Å². The maximum atomic E-state index is 11.8. The maximum Gasteiger partial charge on any atom is 0.260 e. The fraction of sp³-hybridized carbons (Fsp3) is 0.333. The molecule has 1 aromatic heterocycles. The van der Waals surface area contributed by atoms with Gasteiger partial charge in [-0.1, -0.05) is 6.07 Å². The van der Waals surface area contributed by atoms with Crippen LogP contribution in [0.5, 0.6) is 0 Å². The van der Waals surface area contributed by atoms with Crippen molar-refractivity contribution in [1.29, 1.82) is 0 Å². The number of likely N-dealkylation sites (N-methyl/N-ethyl adjacent to an activating group) is 1. The molecule has 0 spiro atoms. The number of aromatic nitrogens is 2. The Labute approximate surface area is 123 Å². The lowest BCUT2D eigenvalue weighted by Crippen LogP contribution is -2.24. The molecule has 0 saturated carbocycles. The lowest BCUT2D eigenvalue weighted by atomic mass is 10.1. The Morgan fingerprint density at radius 2 is 2.14 bits per heavy atom. The number of imidazole rings is 1. The van der Waals surface area contributed by atoms with Crippen molar-refractivity contribution < 1.29 is 9.90 Å². The highest BCUT2D eigenvalue weighted by Crippen LogP contribution is 2.37. The van der Waals surface area contributed by atoms with Crippen LogP contribution in [0, 0.1) is 0 Å². The predicted molar refractivity (Wildman–Crippen MR) is 80.1 cm³/mol. The van der Waals surface area contributed by atoms with E-state index in [9.17, 15) is 9.90 Å². The third kappa shape index (κ3) is 2.17. The Kier molecular flexibility index (Phi) is 3.17. The molecule has 1 atom stereocenters. The molecule has 1 amide bonds. The molecule has 1 unspecified atom stereocenters. The number of aliphatic hydroxyl groups excluding tert-OH is 1. The van der Waals surface area contributed by atoms with E-state index in [0.29, 0.717) is 12.1 Å². The second kappa shape index (κ2) is 4.89. The minimum Gasteiger partial charge on any atom is -0.378 e. The summed E-state index contributed by atoms with van der Waals surface area (Å²) in [6, 6.07) is 5.65. The molecule has 2 heterocycles. The molecule has 0 aliphatic carbocycles. The smallest absolute Gasteiger partial charge is 0.260 e. The zero-order valence-electron chi connectivity index (χ0n) is 12.3. The number of anilines is 2. The van der Waals surface area contributed by atoms with Gasteiger partial charge in [-0.15, -0.1) is 0 Å². The monoisotopic (exact) mass is 286 g/mol. The lowest BCUT2D eigenvalue weighted by molar-refractivity contribution is -0.125. The van der Waals surface area contributed by atoms with E-state index in [-0.39, 0.29) is 5.91 Å². The molecule has 0 fully saturated rings. The second-order valence-corrected chi connectivity index (χ2v) is 5.35. The lowest BCUT2D eigenvalue weighted by Gasteiger charge is -2.20. The molecule has 21 heavy (non-hydrogen) atoms. The summed E-state index contributed by atoms with van der Waals surface area (Å²) in [6.45, 7) is 0.669. The zero-order chi connectivity index (χ0) is 15.1. The van der Waals surface area contributed by atoms with E-state index in [0.717, 1.165) is 17.2 Å². The first-order valence-corrected chi connectivity index (χ1v) is 6.76. The average Bonchev–Trinajstić information content (AvgIpc) is 2.97. The molecule has 1 aromatic carbocycles. The molecule has 6 nitrogen and oxygen atoms in total. The Bertz CT molecular complexity index is 695. The standard InChI is InChI=1S/C15H18N4O2/c1-17-7-6-16-13(17)9-18(2)10-4-5-11-12(8-10)19(3)15(21)14(11)20/h4-8,14,20H,9H2,1-3H3. The van der Waals surface area contributed by atoms with Gasteiger partial charge in [-0.05, 0) is 12.1 Å². The summed E-state index contributed by atoms with van der Waals surface area (Å²) in [6.07, 6.45) is 2.64. The van der Waals surface area contributed by atoms with Crippen LogP contribution in [0.15, 0.2) is 30.6 Å². The van der Waals surface area contributed by atoms with Crippen LogP contribution in [0.25, 0.3) is 0 Å². The molecule has 0 bridgehead atoms. The maximum absolute atomic E-state index is 11.8. The van der Waals surface area contributed by atoms with Crippen molar-refractivity contribution in [2.75, 3.05) is 23.9 Å². The summed E-state index contributed by atoms with van der Waals surface area (Å²) >= 11 is 0. The summed E-state index contributed by atoms with van der Waals surface area (Å²) in [7, 11) is 5.62. The molecule has 2 aromatic rings. The van der Waals surface area contributed by atoms with Gasteiger partial charge in [0, 0.05) is 44.8 Å². The molecule has 0 saturated heterocycles. The first kappa shape index (κ1) is 13.6. The van der Waals surface area contributed by atoms with Crippen molar-refractivity contribution in [2.24, 2.45) is 7.05 Å². The summed E-state index contributed by atoms with van der Waals surface area (Å²) < 4.78 is 1.98. The van der Waals surface area contributed by atoms with Crippen molar-refractivity contribution in [3.05, 3.63) is 42.0 Å². The number of fused-ring (bicyclic) bond motifs is 1. The summed E-state index contributed by atoms with van der Waals surface area (Å²) in [5, 5.41) is 9.88. The van der Waals surface area contributed by atoms with Gasteiger partial charge in [-0.3, -0.25) is 4.79 Å². The van der Waals surface area contributed by atoms with Crippen molar-refractivity contribution in [2.45, 2.75) is 12.6 Å². The van der Waals surface area contributed by atoms with E-state index in [4.69, 9.17) is 0 Å². The third-order valence-corrected chi connectivity index (χ3v) is 3.97. The van der Waals surface area contributed by atoms with Gasteiger partial charge in [0.25, 0.3) is 5.91 Å². The van der Waals surface area contributed by atoms with Crippen LogP contribution in [-0.2, 0) is 18.4 Å². The van der Waals surface area contributed by atoms with E-state index in [1.807, 2.05) is 43.1 Å². The molecule has 6 heteroatoms. The van der Waals surface area contributed by atoms with E-state index in [1.165, 1.54) is 4.90 Å². The minimum absolute atomic E-state index is 0.283. The Morgan fingerprint density at radius 1 is 1.38 bits per heavy atom. The number of amides is 1. The molecule has 1 aliphatic heterocycles. The molecular weight excluding hydrogens is 268 g/mol. The summed E-state index contributed by atoms with van der Waals surface area (Å²) in [5.74, 6) is 0.677. The average molecular weight is 286 g/mol. The fourth-order valence-corrected chi connectivity index (χ4v) is 2.58. The molecule has 0 radical (unpaired) electrons. The SMILES string of the molecule is CN(Cc1nccn1C)c1ccc2c(c1)N(C)C(=O)C2O. The van der Waals surface area contributed by atoms with Gasteiger partial charge >= 0.3 is 0 Å². The van der Waals surface area contributed by atoms with Crippen LogP contribution < -0.4 is 9.80 Å². The number of hydrogen-bond donors (Lipinski definition) is 1. The predicted octanol–water partition coefficient (Wildman–Crippen LogP) is 1.07. The van der Waals surface area contributed by atoms with E-state index < -0.39 is 6.10 Å². The van der Waals surface area contributed by atoms with Crippen molar-refractivity contribution in [1.82, 2.24) is 9.55 Å². The largest absolute Gasteiger partial charge is 0.378 e. The van der Waals surface area contributed by atoms with Crippen LogP contribution in [0.3, 0.4) is 0 Å². The summed E-state index contributed by atoms with van der Waals surface area (Å²) in [5.41, 5.74) is 2.40. The van der Waals surface area contributed by atoms with Gasteiger partial charge in [-0.2, -0.15) is 0 Å². The summed E-state index contributed by atoms with van der Waals surface area (Å²) in [4.78, 5) is 19.7. The molecule has 110 valence electrons. The van der Waals surface area contributed by atoms with Gasteiger partial charge < -0.3 is 19.5 Å². The van der Waals surface area contributed by atoms with Crippen LogP contribution in [0.4, 0.5) is 11.4 Å². The van der Waals surface area contributed by atoms with Crippen molar-refractivity contribution in [3.63, 3.8) is 0 Å². The Balaban J connectivity index is 1.88. The highest BCUT2D eigenvalue weighted by Gasteiger charge is 2.33. The molecule has 1 aliphatic rings. The van der Waals surface area contributed by atoms with Crippen LogP contribution in [-0.4, -0.2) is 34.7 Å². The number of hydrogen-bond acceptors (Lipinski definition) is 4. The van der Waals surface area contributed by atoms with Gasteiger partial charge in [-0.25, -0.2) is 4.98 Å². The number of nitrogens with zero attached hydrogens (tertiary/aromatic N) is 4. The van der Waals surface area contributed by atoms with E-state index in [2.05, 4.69) is 9.88 Å². The second-order valence-electron chi connectivity index (χ2n) is 5.35. The van der Waals surface area contributed by atoms with E-state index >= 15 is 0 Å². The number of carbonyl (C=O) groups excluding carboxylic acids is 1. The number of rotatable bonds is 3. The molecular formula is C15H18N4O2. The highest BCUT2D eigenvalue weighted by molar-refractivity contribution is 6.03. The topological polar surface area (TPSA) is 61.6 Å². The van der Waals surface area contributed by atoms with Gasteiger partial charge in [0.2, 0.25) is 0 Å². The number of carbonyl (C=O) groups is 1. The normalized spacial score (nSPS) is 17.2. The van der Waals surface area contributed by atoms with Gasteiger partial charge in [0.05, 0.1) is 12.2 Å². The third-order valence-electron chi connectivity index (χ3n) is 3.97. The van der Waals surface area contributed by atoms with Crippen LogP contribution in [0.1, 0.15) is 17.5 Å². The number of benzene rings is 1. The number of aryl methyl sites for hydroxylation is 1. The van der Waals surface area contributed by atoms with E-state index in [1.54, 1.807) is 13.2 Å². The van der Waals surface area contributed by atoms with Crippen LogP contribution >= 0.6 is 0 Å². The first-order chi connectivity index (χ1) is 9.99. The fourth-order valence-electron chi connectivity index (χ4n) is 2.58. The minimum atomic E-state index is -1.04. The van der Waals surface area contributed by atoms with Crippen LogP contribution in [0.2, 0.25) is 0 Å². The molecule has 1 N–H and O–H groups in total. The Morgan fingerprint density at radius 3 is 2.81 bits per heavy atom. The van der Waals surface area contributed by atoms with Crippen molar-refractivity contribution in [3.8, 4) is 0 Å².